The number of nitrogens with one attached hydrogen (secondary N) is 3. The molecule has 1 aromatic heterocycles. The molecule has 1 unspecified atom stereocenters. The lowest BCUT2D eigenvalue weighted by Crippen LogP contribution is -2.58. The number of pyridine rings is 1. The van der Waals surface area contributed by atoms with Crippen LogP contribution in [-0.4, -0.2) is 78.7 Å². The van der Waals surface area contributed by atoms with Gasteiger partial charge in [-0.3, -0.25) is 19.1 Å². The minimum absolute atomic E-state index is 0.00549. The molecule has 2 saturated carbocycles. The summed E-state index contributed by atoms with van der Waals surface area (Å²) in [6.07, 6.45) is 3.43. The fraction of sp³-hybridized carbons (Fsp3) is 0.432. The normalized spacial score (nSPS) is 23.2. The SMILES string of the molecule is C=C[C@@H]1C[C@]1(NC(=O)[C@@H]1C[C@@H](Oc2ncc(OC)c3ccc(Cl)cc23)CN1C(=O)C(Nc1ccc(C#N)cc1)C(C)(C)C)C(=O)NS(=O)(=O)C1CC1. The summed E-state index contributed by atoms with van der Waals surface area (Å²) in [5.74, 6) is -1.63. The van der Waals surface area contributed by atoms with Gasteiger partial charge in [-0.1, -0.05) is 38.4 Å². The number of nitriles is 1. The highest BCUT2D eigenvalue weighted by molar-refractivity contribution is 7.91. The molecule has 3 fully saturated rings. The summed E-state index contributed by atoms with van der Waals surface area (Å²) in [4.78, 5) is 48.3. The van der Waals surface area contributed by atoms with Crippen molar-refractivity contribution in [2.45, 2.75) is 75.4 Å². The van der Waals surface area contributed by atoms with Gasteiger partial charge in [-0.2, -0.15) is 5.26 Å². The Morgan fingerprint density at radius 3 is 2.46 bits per heavy atom. The summed E-state index contributed by atoms with van der Waals surface area (Å²) in [6, 6.07) is 12.0. The van der Waals surface area contributed by atoms with E-state index in [0.717, 1.165) is 0 Å². The second-order valence-corrected chi connectivity index (χ2v) is 17.0. The highest BCUT2D eigenvalue weighted by atomic mass is 35.5. The van der Waals surface area contributed by atoms with Crippen LogP contribution in [0.1, 0.15) is 52.0 Å². The van der Waals surface area contributed by atoms with Crippen molar-refractivity contribution in [1.29, 1.82) is 5.26 Å². The van der Waals surface area contributed by atoms with Crippen molar-refractivity contribution in [2.24, 2.45) is 11.3 Å². The summed E-state index contributed by atoms with van der Waals surface area (Å²) >= 11 is 6.34. The number of hydrogen-bond acceptors (Lipinski definition) is 10. The number of rotatable bonds is 12. The van der Waals surface area contributed by atoms with Crippen molar-refractivity contribution in [3.63, 3.8) is 0 Å². The third kappa shape index (κ3) is 7.38. The second kappa shape index (κ2) is 13.9. The highest BCUT2D eigenvalue weighted by Crippen LogP contribution is 2.46. The van der Waals surface area contributed by atoms with E-state index in [1.54, 1.807) is 42.5 Å². The van der Waals surface area contributed by atoms with Gasteiger partial charge < -0.3 is 25.0 Å². The van der Waals surface area contributed by atoms with Gasteiger partial charge in [0.2, 0.25) is 27.7 Å². The van der Waals surface area contributed by atoms with Crippen molar-refractivity contribution in [3.8, 4) is 17.7 Å². The van der Waals surface area contributed by atoms with Crippen LogP contribution in [0, 0.1) is 22.7 Å². The minimum Gasteiger partial charge on any atom is -0.494 e. The molecule has 6 rings (SSSR count). The van der Waals surface area contributed by atoms with E-state index >= 15 is 0 Å². The van der Waals surface area contributed by atoms with Crippen molar-refractivity contribution < 1.29 is 32.3 Å². The van der Waals surface area contributed by atoms with Crippen LogP contribution in [0.4, 0.5) is 5.69 Å². The maximum Gasteiger partial charge on any atom is 0.259 e. The molecule has 3 N–H and O–H groups in total. The monoisotopic (exact) mass is 748 g/mol. The first-order valence-electron chi connectivity index (χ1n) is 17.0. The van der Waals surface area contributed by atoms with E-state index in [2.05, 4.69) is 33.0 Å². The molecule has 52 heavy (non-hydrogen) atoms. The number of anilines is 1. The van der Waals surface area contributed by atoms with E-state index < -0.39 is 68.1 Å². The van der Waals surface area contributed by atoms with E-state index in [-0.39, 0.29) is 25.3 Å². The number of carbonyl (C=O) groups is 3. The van der Waals surface area contributed by atoms with Crippen LogP contribution in [0.15, 0.2) is 61.3 Å². The number of carbonyl (C=O) groups excluding carboxylic acids is 3. The quantitative estimate of drug-likeness (QED) is 0.226. The maximum absolute atomic E-state index is 14.6. The van der Waals surface area contributed by atoms with E-state index in [9.17, 15) is 28.1 Å². The number of aromatic nitrogens is 1. The predicted molar refractivity (Wildman–Crippen MR) is 195 cm³/mol. The van der Waals surface area contributed by atoms with Crippen molar-refractivity contribution in [1.82, 2.24) is 19.9 Å². The smallest absolute Gasteiger partial charge is 0.259 e. The number of nitrogens with zero attached hydrogens (tertiary/aromatic N) is 3. The van der Waals surface area contributed by atoms with Crippen LogP contribution in [0.3, 0.4) is 0 Å². The molecule has 1 saturated heterocycles. The lowest BCUT2D eigenvalue weighted by Gasteiger charge is -2.36. The molecule has 2 aliphatic carbocycles. The first-order chi connectivity index (χ1) is 24.6. The molecule has 3 aliphatic rings. The van der Waals surface area contributed by atoms with E-state index in [4.69, 9.17) is 21.1 Å². The van der Waals surface area contributed by atoms with Gasteiger partial charge in [0.25, 0.3) is 5.91 Å². The Labute approximate surface area is 307 Å². The van der Waals surface area contributed by atoms with Gasteiger partial charge >= 0.3 is 0 Å². The highest BCUT2D eigenvalue weighted by Gasteiger charge is 2.62. The van der Waals surface area contributed by atoms with Gasteiger partial charge in [0.05, 0.1) is 36.7 Å². The number of benzene rings is 2. The summed E-state index contributed by atoms with van der Waals surface area (Å²) < 4.78 is 39.5. The molecule has 1 aliphatic heterocycles. The topological polar surface area (TPSA) is 180 Å². The lowest BCUT2D eigenvalue weighted by molar-refractivity contribution is -0.141. The molecule has 274 valence electrons. The van der Waals surface area contributed by atoms with E-state index in [1.807, 2.05) is 20.8 Å². The number of ether oxygens (including phenoxy) is 2. The Balaban J connectivity index is 1.32. The van der Waals surface area contributed by atoms with Crippen LogP contribution in [0.5, 0.6) is 11.6 Å². The third-order valence-corrected chi connectivity index (χ3v) is 11.9. The van der Waals surface area contributed by atoms with Gasteiger partial charge in [-0.25, -0.2) is 13.4 Å². The molecule has 13 nitrogen and oxygen atoms in total. The molecule has 3 aromatic rings. The molecule has 0 spiro atoms. The molecule has 0 radical (unpaired) electrons. The number of likely N-dealkylation sites (tertiary alicyclic amines) is 1. The minimum atomic E-state index is -3.89. The summed E-state index contributed by atoms with van der Waals surface area (Å²) in [5, 5.41) is 16.5. The van der Waals surface area contributed by atoms with Crippen LogP contribution >= 0.6 is 11.6 Å². The van der Waals surface area contributed by atoms with Gasteiger partial charge in [0.1, 0.15) is 29.5 Å². The zero-order valence-corrected chi connectivity index (χ0v) is 30.9. The zero-order valence-electron chi connectivity index (χ0n) is 29.3. The summed E-state index contributed by atoms with van der Waals surface area (Å²) in [7, 11) is -2.37. The standard InChI is InChI=1S/C37H41ClN6O7S/c1-6-22-17-37(22,35(47)43-52(48,49)26-12-13-26)42-32(45)29-16-25(51-33-28-15-23(38)9-14-27(28)30(50-5)19-40-33)20-44(29)34(46)31(36(2,3)4)41-24-10-7-21(18-39)8-11-24/h6-11,14-15,19,22,25-26,29,31,41H,1,12-13,16-17,20H2,2-5H3,(H,42,45)(H,43,47)/t22-,25-,29+,31?,37-/m1/s1. The second-order valence-electron chi connectivity index (χ2n) is 14.6. The van der Waals surface area contributed by atoms with E-state index in [0.29, 0.717) is 45.6 Å². The number of fused-ring (bicyclic) bond motifs is 1. The maximum atomic E-state index is 14.6. The fourth-order valence-electron chi connectivity index (χ4n) is 6.60. The fourth-order valence-corrected chi connectivity index (χ4v) is 8.13. The van der Waals surface area contributed by atoms with Gasteiger partial charge in [-0.05, 0) is 67.1 Å². The van der Waals surface area contributed by atoms with Gasteiger partial charge in [0.15, 0.2) is 0 Å². The Hall–Kier alpha value is -4.87. The third-order valence-electron chi connectivity index (χ3n) is 9.81. The van der Waals surface area contributed by atoms with Crippen LogP contribution in [-0.2, 0) is 24.4 Å². The first kappa shape index (κ1) is 36.9. The largest absolute Gasteiger partial charge is 0.494 e. The Morgan fingerprint density at radius 1 is 1.15 bits per heavy atom. The molecule has 2 aromatic carbocycles. The van der Waals surface area contributed by atoms with Crippen molar-refractivity contribution in [2.75, 3.05) is 19.0 Å². The molecule has 2 heterocycles. The predicted octanol–water partition coefficient (Wildman–Crippen LogP) is 4.31. The first-order valence-corrected chi connectivity index (χ1v) is 18.9. The van der Waals surface area contributed by atoms with Crippen molar-refractivity contribution >= 4 is 55.8 Å². The zero-order chi connectivity index (χ0) is 37.6. The number of sulfonamides is 1. The van der Waals surface area contributed by atoms with Crippen LogP contribution in [0.25, 0.3) is 10.8 Å². The van der Waals surface area contributed by atoms with Crippen LogP contribution < -0.4 is 24.8 Å². The summed E-state index contributed by atoms with van der Waals surface area (Å²) in [6.45, 7) is 9.44. The molecule has 15 heteroatoms. The van der Waals surface area contributed by atoms with Crippen LogP contribution in [0.2, 0.25) is 5.02 Å². The van der Waals surface area contributed by atoms with Crippen molar-refractivity contribution in [3.05, 3.63) is 71.9 Å². The Kier molecular flexibility index (Phi) is 9.89. The van der Waals surface area contributed by atoms with E-state index in [1.165, 1.54) is 24.3 Å². The average Bonchev–Trinajstić information content (AvgIpc) is 4.03. The number of halogens is 1. The number of methoxy groups -OCH3 is 1. The number of amides is 3. The Bertz CT molecular complexity index is 2080. The van der Waals surface area contributed by atoms with Gasteiger partial charge in [-0.15, -0.1) is 6.58 Å². The molecular formula is C37H41ClN6O7S. The lowest BCUT2D eigenvalue weighted by atomic mass is 9.85. The molecule has 5 atom stereocenters. The molecule has 3 amide bonds. The average molecular weight is 749 g/mol. The molecule has 0 bridgehead atoms. The summed E-state index contributed by atoms with van der Waals surface area (Å²) in [5.41, 5.74) is -1.13. The molecular weight excluding hydrogens is 708 g/mol. The Morgan fingerprint density at radius 2 is 1.87 bits per heavy atom. The number of hydrogen-bond donors (Lipinski definition) is 3. The van der Waals surface area contributed by atoms with Gasteiger partial charge in [0, 0.05) is 33.8 Å².